The third-order valence-corrected chi connectivity index (χ3v) is 4.66. The van der Waals surface area contributed by atoms with Crippen molar-refractivity contribution in [2.75, 3.05) is 0 Å². The van der Waals surface area contributed by atoms with Crippen LogP contribution in [0.1, 0.15) is 15.9 Å². The van der Waals surface area contributed by atoms with Crippen molar-refractivity contribution >= 4 is 40.7 Å². The van der Waals surface area contributed by atoms with Gasteiger partial charge in [-0.2, -0.15) is 0 Å². The molecule has 0 bridgehead atoms. The standard InChI is InChI=1S/C19H13Cl3N2O/c20-15-8-3-12(10-17(15)22)11-24-19(25)14-6-4-13(5-7-14)18-16(21)2-1-9-23-18/h1-10H,11H2,(H,24,25). The number of carbonyl (C=O) groups excluding carboxylic acids is 1. The number of hydrogen-bond donors (Lipinski definition) is 1. The van der Waals surface area contributed by atoms with Crippen LogP contribution in [0, 0.1) is 0 Å². The van der Waals surface area contributed by atoms with E-state index < -0.39 is 0 Å². The fraction of sp³-hybridized carbons (Fsp3) is 0.0526. The Kier molecular flexibility index (Phi) is 5.59. The molecule has 25 heavy (non-hydrogen) atoms. The van der Waals surface area contributed by atoms with Crippen LogP contribution in [0.15, 0.2) is 60.8 Å². The number of nitrogens with zero attached hydrogens (tertiary/aromatic N) is 1. The van der Waals surface area contributed by atoms with Crippen LogP contribution in [-0.2, 0) is 6.54 Å². The minimum absolute atomic E-state index is 0.176. The van der Waals surface area contributed by atoms with Crippen LogP contribution in [-0.4, -0.2) is 10.9 Å². The number of halogens is 3. The molecule has 3 aromatic rings. The maximum atomic E-state index is 12.3. The smallest absolute Gasteiger partial charge is 0.251 e. The van der Waals surface area contributed by atoms with Gasteiger partial charge >= 0.3 is 0 Å². The van der Waals surface area contributed by atoms with Gasteiger partial charge in [-0.15, -0.1) is 0 Å². The van der Waals surface area contributed by atoms with Gasteiger partial charge in [0.2, 0.25) is 0 Å². The average Bonchev–Trinajstić information content (AvgIpc) is 2.63. The number of aromatic nitrogens is 1. The van der Waals surface area contributed by atoms with Crippen molar-refractivity contribution < 1.29 is 4.79 Å². The van der Waals surface area contributed by atoms with Gasteiger partial charge in [0.1, 0.15) is 0 Å². The minimum atomic E-state index is -0.176. The summed E-state index contributed by atoms with van der Waals surface area (Å²) >= 11 is 18.0. The highest BCUT2D eigenvalue weighted by atomic mass is 35.5. The summed E-state index contributed by atoms with van der Waals surface area (Å²) in [6, 6.07) is 15.9. The molecule has 0 unspecified atom stereocenters. The molecule has 126 valence electrons. The first-order valence-corrected chi connectivity index (χ1v) is 8.61. The molecule has 0 atom stereocenters. The summed E-state index contributed by atoms with van der Waals surface area (Å²) in [6.45, 7) is 0.365. The van der Waals surface area contributed by atoms with E-state index in [0.29, 0.717) is 32.9 Å². The SMILES string of the molecule is O=C(NCc1ccc(Cl)c(Cl)c1)c1ccc(-c2ncccc2Cl)cc1. The predicted octanol–water partition coefficient (Wildman–Crippen LogP) is 5.64. The number of nitrogens with one attached hydrogen (secondary N) is 1. The zero-order valence-electron chi connectivity index (χ0n) is 13.0. The second-order valence-electron chi connectivity index (χ2n) is 5.34. The van der Waals surface area contributed by atoms with Crippen LogP contribution >= 0.6 is 34.8 Å². The Morgan fingerprint density at radius 2 is 1.68 bits per heavy atom. The van der Waals surface area contributed by atoms with Gasteiger partial charge in [-0.05, 0) is 42.0 Å². The van der Waals surface area contributed by atoms with Crippen LogP contribution in [0.4, 0.5) is 0 Å². The predicted molar refractivity (Wildman–Crippen MR) is 102 cm³/mol. The molecular weight excluding hydrogens is 379 g/mol. The number of amides is 1. The molecule has 0 saturated heterocycles. The highest BCUT2D eigenvalue weighted by Crippen LogP contribution is 2.25. The van der Waals surface area contributed by atoms with Crippen molar-refractivity contribution in [2.45, 2.75) is 6.54 Å². The Hall–Kier alpha value is -2.07. The molecule has 1 N–H and O–H groups in total. The maximum absolute atomic E-state index is 12.3. The second-order valence-corrected chi connectivity index (χ2v) is 6.56. The van der Waals surface area contributed by atoms with Crippen LogP contribution in [0.5, 0.6) is 0 Å². The van der Waals surface area contributed by atoms with Gasteiger partial charge < -0.3 is 5.32 Å². The summed E-state index contributed by atoms with van der Waals surface area (Å²) in [6.07, 6.45) is 1.68. The van der Waals surface area contributed by atoms with Gasteiger partial charge in [-0.25, -0.2) is 0 Å². The van der Waals surface area contributed by atoms with Gasteiger partial charge in [0.15, 0.2) is 0 Å². The van der Waals surface area contributed by atoms with E-state index in [1.165, 1.54) is 0 Å². The Labute approximate surface area is 160 Å². The van der Waals surface area contributed by atoms with Crippen LogP contribution in [0.25, 0.3) is 11.3 Å². The first-order valence-electron chi connectivity index (χ1n) is 7.47. The molecule has 0 fully saturated rings. The first-order chi connectivity index (χ1) is 12.0. The number of pyridine rings is 1. The average molecular weight is 392 g/mol. The Morgan fingerprint density at radius 1 is 0.920 bits per heavy atom. The summed E-state index contributed by atoms with van der Waals surface area (Å²) in [7, 11) is 0. The lowest BCUT2D eigenvalue weighted by atomic mass is 10.1. The molecule has 1 heterocycles. The Balaban J connectivity index is 1.68. The molecule has 1 aromatic heterocycles. The molecule has 1 amide bonds. The fourth-order valence-electron chi connectivity index (χ4n) is 2.31. The molecule has 0 spiro atoms. The first kappa shape index (κ1) is 17.7. The summed E-state index contributed by atoms with van der Waals surface area (Å²) in [5.74, 6) is -0.176. The zero-order valence-corrected chi connectivity index (χ0v) is 15.2. The van der Waals surface area contributed by atoms with Crippen molar-refractivity contribution in [1.29, 1.82) is 0 Å². The van der Waals surface area contributed by atoms with Gasteiger partial charge in [0, 0.05) is 23.9 Å². The van der Waals surface area contributed by atoms with E-state index in [4.69, 9.17) is 34.8 Å². The number of hydrogen-bond acceptors (Lipinski definition) is 2. The maximum Gasteiger partial charge on any atom is 0.251 e. The molecule has 2 aromatic carbocycles. The lowest BCUT2D eigenvalue weighted by Crippen LogP contribution is -2.22. The fourth-order valence-corrected chi connectivity index (χ4v) is 2.86. The second kappa shape index (κ2) is 7.87. The summed E-state index contributed by atoms with van der Waals surface area (Å²) in [4.78, 5) is 16.5. The van der Waals surface area contributed by atoms with Crippen LogP contribution < -0.4 is 5.32 Å². The molecule has 3 rings (SSSR count). The lowest BCUT2D eigenvalue weighted by Gasteiger charge is -2.08. The molecule has 6 heteroatoms. The molecule has 0 aliphatic rings. The van der Waals surface area contributed by atoms with E-state index in [1.807, 2.05) is 18.2 Å². The van der Waals surface area contributed by atoms with Gasteiger partial charge in [-0.3, -0.25) is 9.78 Å². The van der Waals surface area contributed by atoms with E-state index in [9.17, 15) is 4.79 Å². The third kappa shape index (κ3) is 4.31. The van der Waals surface area contributed by atoms with Crippen molar-refractivity contribution in [3.63, 3.8) is 0 Å². The van der Waals surface area contributed by atoms with Crippen molar-refractivity contribution in [2.24, 2.45) is 0 Å². The monoisotopic (exact) mass is 390 g/mol. The summed E-state index contributed by atoms with van der Waals surface area (Å²) in [5.41, 5.74) is 2.97. The zero-order chi connectivity index (χ0) is 17.8. The Bertz CT molecular complexity index is 911. The van der Waals surface area contributed by atoms with E-state index in [-0.39, 0.29) is 5.91 Å². The van der Waals surface area contributed by atoms with Gasteiger partial charge in [-0.1, -0.05) is 53.0 Å². The highest BCUT2D eigenvalue weighted by molar-refractivity contribution is 6.42. The van der Waals surface area contributed by atoms with Crippen molar-refractivity contribution in [3.05, 3.63) is 87.0 Å². The quantitative estimate of drug-likeness (QED) is 0.625. The van der Waals surface area contributed by atoms with Crippen LogP contribution in [0.2, 0.25) is 15.1 Å². The van der Waals surface area contributed by atoms with Crippen molar-refractivity contribution in [3.8, 4) is 11.3 Å². The number of rotatable bonds is 4. The summed E-state index contributed by atoms with van der Waals surface area (Å²) in [5, 5.41) is 4.37. The molecule has 0 radical (unpaired) electrons. The Morgan fingerprint density at radius 3 is 2.36 bits per heavy atom. The number of benzene rings is 2. The highest BCUT2D eigenvalue weighted by Gasteiger charge is 2.08. The van der Waals surface area contributed by atoms with E-state index in [0.717, 1.165) is 11.1 Å². The lowest BCUT2D eigenvalue weighted by molar-refractivity contribution is 0.0951. The van der Waals surface area contributed by atoms with E-state index >= 15 is 0 Å². The minimum Gasteiger partial charge on any atom is -0.348 e. The third-order valence-electron chi connectivity index (χ3n) is 3.62. The molecular formula is C19H13Cl3N2O. The normalized spacial score (nSPS) is 10.5. The van der Waals surface area contributed by atoms with E-state index in [2.05, 4.69) is 10.3 Å². The van der Waals surface area contributed by atoms with Crippen molar-refractivity contribution in [1.82, 2.24) is 10.3 Å². The van der Waals surface area contributed by atoms with Gasteiger partial charge in [0.25, 0.3) is 5.91 Å². The van der Waals surface area contributed by atoms with E-state index in [1.54, 1.807) is 42.6 Å². The summed E-state index contributed by atoms with van der Waals surface area (Å²) < 4.78 is 0. The number of carbonyl (C=O) groups is 1. The molecule has 0 aliphatic heterocycles. The molecule has 0 aliphatic carbocycles. The molecule has 3 nitrogen and oxygen atoms in total. The molecule has 0 saturated carbocycles. The van der Waals surface area contributed by atoms with Gasteiger partial charge in [0.05, 0.1) is 20.8 Å². The largest absolute Gasteiger partial charge is 0.348 e. The van der Waals surface area contributed by atoms with Crippen LogP contribution in [0.3, 0.4) is 0 Å². The topological polar surface area (TPSA) is 42.0 Å².